The van der Waals surface area contributed by atoms with Crippen LogP contribution in [0.25, 0.3) is 33.2 Å². The Morgan fingerprint density at radius 1 is 1.14 bits per heavy atom. The molecule has 0 unspecified atom stereocenters. The minimum atomic E-state index is 0.419. The lowest BCUT2D eigenvalue weighted by Crippen LogP contribution is -1.92. The number of fused-ring (bicyclic) bond motifs is 2. The van der Waals surface area contributed by atoms with Gasteiger partial charge in [-0.15, -0.1) is 0 Å². The van der Waals surface area contributed by atoms with Crippen LogP contribution in [0.3, 0.4) is 0 Å². The Hall–Kier alpha value is -2.96. The van der Waals surface area contributed by atoms with Crippen LogP contribution in [0.1, 0.15) is 12.6 Å². The number of aromatic nitrogens is 6. The third-order valence-corrected chi connectivity index (χ3v) is 3.64. The second-order valence-corrected chi connectivity index (χ2v) is 4.84. The highest BCUT2D eigenvalue weighted by molar-refractivity contribution is 5.99. The number of anilines is 1. The number of hydrogen-bond acceptors (Lipinski definition) is 5. The Labute approximate surface area is 119 Å². The largest absolute Gasteiger partial charge is 0.383 e. The molecule has 7 nitrogen and oxygen atoms in total. The summed E-state index contributed by atoms with van der Waals surface area (Å²) in [5.41, 5.74) is 10.3. The van der Waals surface area contributed by atoms with Crippen LogP contribution in [0.5, 0.6) is 0 Å². The molecule has 1 aromatic carbocycles. The van der Waals surface area contributed by atoms with Crippen molar-refractivity contribution >= 4 is 27.8 Å². The van der Waals surface area contributed by atoms with Crippen molar-refractivity contribution < 1.29 is 0 Å². The van der Waals surface area contributed by atoms with E-state index in [-0.39, 0.29) is 0 Å². The maximum Gasteiger partial charge on any atom is 0.161 e. The Kier molecular flexibility index (Phi) is 2.41. The lowest BCUT2D eigenvalue weighted by Gasteiger charge is -2.00. The molecule has 0 amide bonds. The molecule has 3 heterocycles. The number of nitrogens with zero attached hydrogens (tertiary/aromatic N) is 4. The predicted molar refractivity (Wildman–Crippen MR) is 80.6 cm³/mol. The third-order valence-electron chi connectivity index (χ3n) is 3.64. The van der Waals surface area contributed by atoms with E-state index in [1.165, 1.54) is 6.33 Å². The molecular formula is C14H13N7. The number of hydrogen-bond donors (Lipinski definition) is 3. The molecule has 21 heavy (non-hydrogen) atoms. The van der Waals surface area contributed by atoms with Gasteiger partial charge in [-0.05, 0) is 12.5 Å². The summed E-state index contributed by atoms with van der Waals surface area (Å²) < 4.78 is 0. The van der Waals surface area contributed by atoms with Crippen LogP contribution >= 0.6 is 0 Å². The fourth-order valence-corrected chi connectivity index (χ4v) is 2.58. The number of nitrogen functional groups attached to an aromatic ring is 1. The van der Waals surface area contributed by atoms with Crippen LogP contribution in [0.15, 0.2) is 24.5 Å². The molecule has 0 bridgehead atoms. The quantitative estimate of drug-likeness (QED) is 0.520. The van der Waals surface area contributed by atoms with E-state index < -0.39 is 0 Å². The van der Waals surface area contributed by atoms with E-state index in [1.807, 2.05) is 18.2 Å². The molecule has 7 heteroatoms. The van der Waals surface area contributed by atoms with Crippen LogP contribution < -0.4 is 5.73 Å². The molecule has 0 saturated heterocycles. The molecule has 4 N–H and O–H groups in total. The van der Waals surface area contributed by atoms with Gasteiger partial charge in [0.15, 0.2) is 5.65 Å². The smallest absolute Gasteiger partial charge is 0.161 e. The normalized spacial score (nSPS) is 11.5. The minimum absolute atomic E-state index is 0.419. The number of nitrogens with two attached hydrogens (primary N) is 1. The van der Waals surface area contributed by atoms with Gasteiger partial charge in [-0.3, -0.25) is 10.2 Å². The second-order valence-electron chi connectivity index (χ2n) is 4.84. The van der Waals surface area contributed by atoms with Crippen molar-refractivity contribution in [2.24, 2.45) is 0 Å². The van der Waals surface area contributed by atoms with E-state index in [9.17, 15) is 0 Å². The summed E-state index contributed by atoms with van der Waals surface area (Å²) >= 11 is 0. The summed E-state index contributed by atoms with van der Waals surface area (Å²) in [6.45, 7) is 2.09. The summed E-state index contributed by atoms with van der Waals surface area (Å²) in [6.07, 6.45) is 2.32. The highest BCUT2D eigenvalue weighted by Gasteiger charge is 2.14. The monoisotopic (exact) mass is 279 g/mol. The zero-order valence-corrected chi connectivity index (χ0v) is 11.4. The van der Waals surface area contributed by atoms with Crippen molar-refractivity contribution in [1.82, 2.24) is 30.4 Å². The van der Waals surface area contributed by atoms with Crippen molar-refractivity contribution in [3.8, 4) is 11.3 Å². The first-order valence-electron chi connectivity index (χ1n) is 6.70. The summed E-state index contributed by atoms with van der Waals surface area (Å²) in [7, 11) is 0. The first kappa shape index (κ1) is 11.8. The number of aryl methyl sites for hydroxylation is 1. The number of H-pyrrole nitrogens is 2. The van der Waals surface area contributed by atoms with Crippen molar-refractivity contribution in [2.45, 2.75) is 13.3 Å². The standard InChI is InChI=1S/C14H13N7/c1-2-9-8-4-3-7(5-10(8)19-18-9)12-11-13(15)16-6-17-14(11)21-20-12/h3-6H,2H2,1H3,(H,18,19)(H3,15,16,17,20,21). The second kappa shape index (κ2) is 4.27. The zero-order valence-electron chi connectivity index (χ0n) is 11.4. The first-order valence-corrected chi connectivity index (χ1v) is 6.70. The Balaban J connectivity index is 1.96. The van der Waals surface area contributed by atoms with Gasteiger partial charge in [0.05, 0.1) is 16.6 Å². The van der Waals surface area contributed by atoms with Gasteiger partial charge in [0, 0.05) is 10.9 Å². The van der Waals surface area contributed by atoms with E-state index in [0.29, 0.717) is 11.5 Å². The number of rotatable bonds is 2. The molecule has 4 rings (SSSR count). The Morgan fingerprint density at radius 2 is 2.05 bits per heavy atom. The van der Waals surface area contributed by atoms with E-state index in [1.54, 1.807) is 0 Å². The molecule has 0 aliphatic rings. The molecule has 0 aliphatic carbocycles. The van der Waals surface area contributed by atoms with Gasteiger partial charge in [-0.25, -0.2) is 9.97 Å². The fraction of sp³-hybridized carbons (Fsp3) is 0.143. The molecule has 0 spiro atoms. The summed E-state index contributed by atoms with van der Waals surface area (Å²) in [5, 5.41) is 16.4. The first-order chi connectivity index (χ1) is 10.3. The van der Waals surface area contributed by atoms with Crippen molar-refractivity contribution in [3.05, 3.63) is 30.2 Å². The van der Waals surface area contributed by atoms with Crippen molar-refractivity contribution in [3.63, 3.8) is 0 Å². The average molecular weight is 279 g/mol. The summed E-state index contributed by atoms with van der Waals surface area (Å²) in [4.78, 5) is 8.17. The molecule has 0 saturated carbocycles. The van der Waals surface area contributed by atoms with Gasteiger partial charge in [-0.2, -0.15) is 10.2 Å². The van der Waals surface area contributed by atoms with Gasteiger partial charge >= 0.3 is 0 Å². The lowest BCUT2D eigenvalue weighted by atomic mass is 10.1. The SMILES string of the molecule is CCc1n[nH]c2cc(-c3n[nH]c4ncnc(N)c34)ccc12. The van der Waals surface area contributed by atoms with E-state index in [0.717, 1.165) is 39.7 Å². The Bertz CT molecular complexity index is 950. The Morgan fingerprint density at radius 3 is 2.90 bits per heavy atom. The summed E-state index contributed by atoms with van der Waals surface area (Å²) in [5.74, 6) is 0.419. The van der Waals surface area contributed by atoms with Gasteiger partial charge < -0.3 is 5.73 Å². The average Bonchev–Trinajstić information content (AvgIpc) is 3.10. The van der Waals surface area contributed by atoms with Gasteiger partial charge in [-0.1, -0.05) is 19.1 Å². The molecular weight excluding hydrogens is 266 g/mol. The van der Waals surface area contributed by atoms with Crippen LogP contribution in [-0.2, 0) is 6.42 Å². The molecule has 0 radical (unpaired) electrons. The van der Waals surface area contributed by atoms with Crippen LogP contribution in [-0.4, -0.2) is 30.4 Å². The fourth-order valence-electron chi connectivity index (χ4n) is 2.58. The molecule has 104 valence electrons. The lowest BCUT2D eigenvalue weighted by molar-refractivity contribution is 0.988. The highest BCUT2D eigenvalue weighted by atomic mass is 15.2. The summed E-state index contributed by atoms with van der Waals surface area (Å²) in [6, 6.07) is 6.08. The van der Waals surface area contributed by atoms with E-state index in [2.05, 4.69) is 37.3 Å². The predicted octanol–water partition coefficient (Wildman–Crippen LogP) is 2.04. The van der Waals surface area contributed by atoms with E-state index >= 15 is 0 Å². The topological polar surface area (TPSA) is 109 Å². The highest BCUT2D eigenvalue weighted by Crippen LogP contribution is 2.30. The number of nitrogens with one attached hydrogen (secondary N) is 2. The van der Waals surface area contributed by atoms with Crippen LogP contribution in [0.2, 0.25) is 0 Å². The molecule has 0 aliphatic heterocycles. The van der Waals surface area contributed by atoms with Crippen molar-refractivity contribution in [2.75, 3.05) is 5.73 Å². The minimum Gasteiger partial charge on any atom is -0.383 e. The van der Waals surface area contributed by atoms with Gasteiger partial charge in [0.25, 0.3) is 0 Å². The zero-order chi connectivity index (χ0) is 14.4. The molecule has 0 fully saturated rings. The van der Waals surface area contributed by atoms with Crippen molar-refractivity contribution in [1.29, 1.82) is 0 Å². The molecule has 0 atom stereocenters. The third kappa shape index (κ3) is 1.67. The molecule has 4 aromatic rings. The van der Waals surface area contributed by atoms with E-state index in [4.69, 9.17) is 5.73 Å². The maximum atomic E-state index is 5.95. The number of benzene rings is 1. The van der Waals surface area contributed by atoms with Gasteiger partial charge in [0.2, 0.25) is 0 Å². The van der Waals surface area contributed by atoms with Crippen LogP contribution in [0.4, 0.5) is 5.82 Å². The van der Waals surface area contributed by atoms with Gasteiger partial charge in [0.1, 0.15) is 17.8 Å². The maximum absolute atomic E-state index is 5.95. The number of aromatic amines is 2. The molecule has 3 aromatic heterocycles. The van der Waals surface area contributed by atoms with Crippen LogP contribution in [0, 0.1) is 0 Å².